The summed E-state index contributed by atoms with van der Waals surface area (Å²) in [5, 5.41) is 3.46. The van der Waals surface area contributed by atoms with Gasteiger partial charge >= 0.3 is 0 Å². The van der Waals surface area contributed by atoms with Gasteiger partial charge in [-0.25, -0.2) is 0 Å². The lowest BCUT2D eigenvalue weighted by Gasteiger charge is -2.18. The molecule has 0 atom stereocenters. The van der Waals surface area contributed by atoms with Crippen LogP contribution in [-0.2, 0) is 0 Å². The van der Waals surface area contributed by atoms with Crippen LogP contribution in [0.2, 0.25) is 0 Å². The lowest BCUT2D eigenvalue weighted by molar-refractivity contribution is 0.378. The normalized spacial score (nSPS) is 12.0. The third-order valence-electron chi connectivity index (χ3n) is 1.61. The molecule has 0 bridgehead atoms. The molecule has 1 nitrogen and oxygen atoms in total. The molecule has 0 aliphatic rings. The molecule has 0 fully saturated rings. The van der Waals surface area contributed by atoms with Crippen LogP contribution in [-0.4, -0.2) is 13.1 Å². The van der Waals surface area contributed by atoms with Gasteiger partial charge in [0.05, 0.1) is 0 Å². The number of nitrogens with one attached hydrogen (secondary N) is 1. The fourth-order valence-electron chi connectivity index (χ4n) is 0.963. The van der Waals surface area contributed by atoms with Gasteiger partial charge in [0.15, 0.2) is 0 Å². The minimum atomic E-state index is 0. The Bertz CT molecular complexity index is 86.3. The Morgan fingerprint density at radius 1 is 1.18 bits per heavy atom. The summed E-state index contributed by atoms with van der Waals surface area (Å²) < 4.78 is 0. The van der Waals surface area contributed by atoms with E-state index in [1.807, 2.05) is 0 Å². The summed E-state index contributed by atoms with van der Waals surface area (Å²) in [6.45, 7) is 11.4. The average Bonchev–Trinajstić information content (AvgIpc) is 1.85. The van der Waals surface area contributed by atoms with E-state index in [4.69, 9.17) is 0 Å². The summed E-state index contributed by atoms with van der Waals surface area (Å²) in [4.78, 5) is 0. The third kappa shape index (κ3) is 9.96. The Balaban J connectivity index is 0. The fraction of sp³-hybridized carbons (Fsp3) is 1.00. The van der Waals surface area contributed by atoms with Crippen molar-refractivity contribution < 1.29 is 1.43 Å². The molecule has 0 aliphatic carbocycles. The minimum Gasteiger partial charge on any atom is -0.316 e. The Kier molecular flexibility index (Phi) is 5.57. The van der Waals surface area contributed by atoms with E-state index in [-0.39, 0.29) is 1.43 Å². The van der Waals surface area contributed by atoms with Crippen molar-refractivity contribution in [2.75, 3.05) is 13.1 Å². The second-order valence-corrected chi connectivity index (χ2v) is 4.44. The molecule has 0 amide bonds. The van der Waals surface area contributed by atoms with E-state index in [2.05, 4.69) is 33.0 Å². The predicted octanol–water partition coefficient (Wildman–Crippen LogP) is 3.06. The number of unbranched alkanes of at least 4 members (excludes halogenated alkanes) is 2. The highest BCUT2D eigenvalue weighted by molar-refractivity contribution is 4.64. The van der Waals surface area contributed by atoms with E-state index in [9.17, 15) is 0 Å². The molecule has 11 heavy (non-hydrogen) atoms. The number of hydrogen-bond donors (Lipinski definition) is 1. The molecule has 0 aromatic rings. The summed E-state index contributed by atoms with van der Waals surface area (Å²) >= 11 is 0. The smallest absolute Gasteiger partial charge is 0 e. The van der Waals surface area contributed by atoms with Crippen LogP contribution in [0.3, 0.4) is 0 Å². The average molecular weight is 159 g/mol. The van der Waals surface area contributed by atoms with Gasteiger partial charge in [-0.3, -0.25) is 0 Å². The van der Waals surface area contributed by atoms with Crippen LogP contribution in [0.5, 0.6) is 0 Å². The van der Waals surface area contributed by atoms with Crippen molar-refractivity contribution in [2.45, 2.75) is 47.0 Å². The van der Waals surface area contributed by atoms with Crippen LogP contribution in [0, 0.1) is 5.41 Å². The van der Waals surface area contributed by atoms with Gasteiger partial charge in [0, 0.05) is 1.43 Å². The van der Waals surface area contributed by atoms with Crippen LogP contribution in [0.1, 0.15) is 48.4 Å². The first-order valence-corrected chi connectivity index (χ1v) is 4.77. The van der Waals surface area contributed by atoms with E-state index in [0.29, 0.717) is 5.41 Å². The zero-order valence-corrected chi connectivity index (χ0v) is 8.54. The van der Waals surface area contributed by atoms with Crippen LogP contribution in [0.4, 0.5) is 0 Å². The molecule has 1 N–H and O–H groups in total. The first-order chi connectivity index (χ1) is 5.06. The molecule has 0 heterocycles. The third-order valence-corrected chi connectivity index (χ3v) is 1.61. The maximum absolute atomic E-state index is 3.46. The van der Waals surface area contributed by atoms with Gasteiger partial charge in [0.25, 0.3) is 0 Å². The molecule has 0 aliphatic heterocycles. The van der Waals surface area contributed by atoms with Gasteiger partial charge in [-0.15, -0.1) is 0 Å². The Labute approximate surface area is 73.1 Å². The lowest BCUT2D eigenvalue weighted by Crippen LogP contribution is -2.27. The zero-order valence-electron chi connectivity index (χ0n) is 8.54. The second-order valence-electron chi connectivity index (χ2n) is 4.44. The largest absolute Gasteiger partial charge is 0.316 e. The van der Waals surface area contributed by atoms with Crippen LogP contribution < -0.4 is 5.32 Å². The first-order valence-electron chi connectivity index (χ1n) is 4.77. The van der Waals surface area contributed by atoms with Crippen molar-refractivity contribution in [3.63, 3.8) is 0 Å². The molecule has 0 spiro atoms. The summed E-state index contributed by atoms with van der Waals surface area (Å²) in [6.07, 6.45) is 4.00. The molecule has 0 aromatic carbocycles. The molecule has 0 rings (SSSR count). The predicted molar refractivity (Wildman–Crippen MR) is 54.0 cm³/mol. The van der Waals surface area contributed by atoms with Crippen molar-refractivity contribution in [3.8, 4) is 0 Å². The molecule has 1 heteroatoms. The molecule has 0 aromatic heterocycles. The molecule has 70 valence electrons. The van der Waals surface area contributed by atoms with Gasteiger partial charge in [0.2, 0.25) is 0 Å². The standard InChI is InChI=1S/C10H23N.H2/c1-5-6-7-8-11-9-10(2,3)4;/h11H,5-9H2,1-4H3;1H. The molecule has 0 saturated heterocycles. The molecule has 0 unspecified atom stereocenters. The Morgan fingerprint density at radius 2 is 1.82 bits per heavy atom. The Hall–Kier alpha value is -0.0400. The van der Waals surface area contributed by atoms with Gasteiger partial charge < -0.3 is 5.32 Å². The van der Waals surface area contributed by atoms with Crippen LogP contribution in [0.25, 0.3) is 0 Å². The Morgan fingerprint density at radius 3 is 2.27 bits per heavy atom. The highest BCUT2D eigenvalue weighted by atomic mass is 14.9. The van der Waals surface area contributed by atoms with Gasteiger partial charge in [-0.2, -0.15) is 0 Å². The SMILES string of the molecule is CCCCCNCC(C)(C)C.[HH]. The topological polar surface area (TPSA) is 12.0 Å². The van der Waals surface area contributed by atoms with Crippen molar-refractivity contribution in [2.24, 2.45) is 5.41 Å². The van der Waals surface area contributed by atoms with Crippen LogP contribution >= 0.6 is 0 Å². The van der Waals surface area contributed by atoms with E-state index < -0.39 is 0 Å². The van der Waals surface area contributed by atoms with Gasteiger partial charge in [-0.05, 0) is 24.9 Å². The molecule has 0 radical (unpaired) electrons. The van der Waals surface area contributed by atoms with E-state index in [0.717, 1.165) is 6.54 Å². The fourth-order valence-corrected chi connectivity index (χ4v) is 0.963. The van der Waals surface area contributed by atoms with E-state index >= 15 is 0 Å². The van der Waals surface area contributed by atoms with Crippen molar-refractivity contribution in [1.29, 1.82) is 0 Å². The number of rotatable bonds is 5. The number of hydrogen-bond acceptors (Lipinski definition) is 1. The summed E-state index contributed by atoms with van der Waals surface area (Å²) in [7, 11) is 0. The maximum atomic E-state index is 3.46. The van der Waals surface area contributed by atoms with Gasteiger partial charge in [0.1, 0.15) is 0 Å². The van der Waals surface area contributed by atoms with Crippen molar-refractivity contribution >= 4 is 0 Å². The molecular formula is C10H25N. The maximum Gasteiger partial charge on any atom is 0 e. The lowest BCUT2D eigenvalue weighted by atomic mass is 9.97. The zero-order chi connectivity index (χ0) is 8.74. The first kappa shape index (κ1) is 11.0. The summed E-state index contributed by atoms with van der Waals surface area (Å²) in [5.74, 6) is 0. The molecular weight excluding hydrogens is 134 g/mol. The minimum absolute atomic E-state index is 0. The van der Waals surface area contributed by atoms with E-state index in [1.165, 1.54) is 25.8 Å². The highest BCUT2D eigenvalue weighted by Crippen LogP contribution is 2.10. The van der Waals surface area contributed by atoms with Gasteiger partial charge in [-0.1, -0.05) is 40.5 Å². The monoisotopic (exact) mass is 159 g/mol. The van der Waals surface area contributed by atoms with Crippen LogP contribution in [0.15, 0.2) is 0 Å². The van der Waals surface area contributed by atoms with E-state index in [1.54, 1.807) is 0 Å². The highest BCUT2D eigenvalue weighted by Gasteiger charge is 2.07. The summed E-state index contributed by atoms with van der Waals surface area (Å²) in [5.41, 5.74) is 0.437. The molecule has 0 saturated carbocycles. The second kappa shape index (κ2) is 5.59. The van der Waals surface area contributed by atoms with Crippen molar-refractivity contribution in [3.05, 3.63) is 0 Å². The quantitative estimate of drug-likeness (QED) is 0.608. The van der Waals surface area contributed by atoms with Crippen molar-refractivity contribution in [1.82, 2.24) is 5.32 Å². The summed E-state index contributed by atoms with van der Waals surface area (Å²) in [6, 6.07) is 0.